The fourth-order valence-corrected chi connectivity index (χ4v) is 7.51. The molecule has 0 fully saturated rings. The van der Waals surface area contributed by atoms with E-state index >= 15 is 0 Å². The highest BCUT2D eigenvalue weighted by atomic mass is 32.2. The van der Waals surface area contributed by atoms with E-state index in [9.17, 15) is 16.8 Å². The molecule has 0 amide bonds. The second-order valence-corrected chi connectivity index (χ2v) is 15.9. The maximum absolute atomic E-state index is 11.6. The second kappa shape index (κ2) is 14.1. The summed E-state index contributed by atoms with van der Waals surface area (Å²) < 4.78 is 56.6. The molecule has 8 bridgehead atoms. The summed E-state index contributed by atoms with van der Waals surface area (Å²) in [6.45, 7) is 12.9. The average molecular weight is 695 g/mol. The van der Waals surface area contributed by atoms with Crippen molar-refractivity contribution in [2.24, 2.45) is 0 Å². The molecule has 0 radical (unpaired) electrons. The molecular formula is C36H46N4O6S2. The number of rotatable bonds is 12. The van der Waals surface area contributed by atoms with Gasteiger partial charge in [0, 0.05) is 22.1 Å². The summed E-state index contributed by atoms with van der Waals surface area (Å²) in [6.07, 6.45) is 5.99. The lowest BCUT2D eigenvalue weighted by Crippen LogP contribution is -2.05. The molecule has 10 nitrogen and oxygen atoms in total. The second-order valence-electron chi connectivity index (χ2n) is 12.6. The van der Waals surface area contributed by atoms with Crippen molar-refractivity contribution < 1.29 is 25.2 Å². The molecular weight excluding hydrogens is 649 g/mol. The molecule has 12 heteroatoms. The van der Waals surface area contributed by atoms with Crippen LogP contribution in [0.4, 0.5) is 0 Å². The van der Waals surface area contributed by atoms with Gasteiger partial charge in [-0.2, -0.15) is 16.8 Å². The van der Waals surface area contributed by atoms with E-state index < -0.39 is 20.2 Å². The van der Waals surface area contributed by atoms with Crippen LogP contribution in [-0.4, -0.2) is 62.5 Å². The molecule has 2 aliphatic rings. The molecule has 0 aliphatic carbocycles. The molecule has 0 saturated heterocycles. The normalized spacial score (nSPS) is 14.0. The lowest BCUT2D eigenvalue weighted by Gasteiger charge is -2.06. The van der Waals surface area contributed by atoms with Gasteiger partial charge in [0.05, 0.1) is 48.5 Å². The van der Waals surface area contributed by atoms with Gasteiger partial charge in [-0.15, -0.1) is 0 Å². The highest BCUT2D eigenvalue weighted by Crippen LogP contribution is 2.37. The van der Waals surface area contributed by atoms with Gasteiger partial charge in [-0.1, -0.05) is 13.8 Å². The fraction of sp³-hybridized carbons (Fsp3) is 0.444. The summed E-state index contributed by atoms with van der Waals surface area (Å²) in [5.74, 6) is 0. The van der Waals surface area contributed by atoms with E-state index in [0.717, 1.165) is 98.0 Å². The van der Waals surface area contributed by atoms with Gasteiger partial charge in [-0.05, 0) is 135 Å². The highest BCUT2D eigenvalue weighted by Gasteiger charge is 2.21. The van der Waals surface area contributed by atoms with Gasteiger partial charge >= 0.3 is 0 Å². The van der Waals surface area contributed by atoms with Gasteiger partial charge in [0.25, 0.3) is 20.2 Å². The van der Waals surface area contributed by atoms with Gasteiger partial charge in [0.2, 0.25) is 0 Å². The smallest absolute Gasteiger partial charge is 0.264 e. The monoisotopic (exact) mass is 694 g/mol. The predicted octanol–water partition coefficient (Wildman–Crippen LogP) is 7.43. The van der Waals surface area contributed by atoms with E-state index in [1.54, 1.807) is 0 Å². The zero-order chi connectivity index (χ0) is 35.0. The number of aromatic amines is 2. The van der Waals surface area contributed by atoms with Crippen LogP contribution in [0.15, 0.2) is 24.3 Å². The largest absolute Gasteiger partial charge is 0.355 e. The summed E-state index contributed by atoms with van der Waals surface area (Å²) in [5.41, 5.74) is 16.2. The minimum absolute atomic E-state index is 0.0800. The van der Waals surface area contributed by atoms with E-state index in [1.807, 2.05) is 6.07 Å². The molecule has 0 spiro atoms. The van der Waals surface area contributed by atoms with Crippen molar-refractivity contribution in [2.75, 3.05) is 25.7 Å². The molecule has 0 saturated carbocycles. The van der Waals surface area contributed by atoms with Gasteiger partial charge in [0.15, 0.2) is 0 Å². The van der Waals surface area contributed by atoms with Crippen LogP contribution in [-0.2, 0) is 41.4 Å². The van der Waals surface area contributed by atoms with E-state index in [-0.39, 0.29) is 13.2 Å². The summed E-state index contributed by atoms with van der Waals surface area (Å²) in [5, 5.41) is 0. The number of nitrogens with zero attached hydrogens (tertiary/aromatic N) is 2. The first-order valence-electron chi connectivity index (χ1n) is 16.4. The average Bonchev–Trinajstić information content (AvgIpc) is 3.66. The first kappa shape index (κ1) is 35.7. The number of hydrogen-bond acceptors (Lipinski definition) is 8. The third kappa shape index (κ3) is 7.83. The minimum atomic E-state index is -3.54. The maximum Gasteiger partial charge on any atom is 0.264 e. The lowest BCUT2D eigenvalue weighted by atomic mass is 10.0. The number of aryl methyl sites for hydroxylation is 4. The van der Waals surface area contributed by atoms with Crippen LogP contribution >= 0.6 is 0 Å². The Hall–Kier alpha value is -3.58. The first-order valence-corrected chi connectivity index (χ1v) is 20.1. The summed E-state index contributed by atoms with van der Waals surface area (Å²) in [4.78, 5) is 17.6. The molecule has 5 rings (SSSR count). The van der Waals surface area contributed by atoms with Crippen LogP contribution in [0.5, 0.6) is 0 Å². The Bertz CT molecular complexity index is 2210. The van der Waals surface area contributed by atoms with Crippen molar-refractivity contribution in [3.8, 4) is 0 Å². The Kier molecular flexibility index (Phi) is 10.5. The van der Waals surface area contributed by atoms with Crippen molar-refractivity contribution in [3.63, 3.8) is 0 Å². The van der Waals surface area contributed by atoms with Crippen LogP contribution in [0.2, 0.25) is 0 Å². The van der Waals surface area contributed by atoms with E-state index in [1.165, 1.54) is 16.7 Å². The highest BCUT2D eigenvalue weighted by molar-refractivity contribution is 7.86. The molecule has 258 valence electrons. The Morgan fingerprint density at radius 2 is 1.02 bits per heavy atom. The zero-order valence-corrected chi connectivity index (χ0v) is 30.8. The summed E-state index contributed by atoms with van der Waals surface area (Å²) in [6, 6.07) is 8.40. The van der Waals surface area contributed by atoms with Gasteiger partial charge in [-0.25, -0.2) is 9.97 Å². The zero-order valence-electron chi connectivity index (χ0n) is 29.1. The number of hydrogen-bond donors (Lipinski definition) is 2. The van der Waals surface area contributed by atoms with Crippen molar-refractivity contribution in [2.45, 2.75) is 80.1 Å². The molecule has 2 aliphatic heterocycles. The quantitative estimate of drug-likeness (QED) is 0.147. The molecule has 5 heterocycles. The van der Waals surface area contributed by atoms with E-state index in [4.69, 9.17) is 18.3 Å². The Morgan fingerprint density at radius 3 is 1.56 bits per heavy atom. The first-order chi connectivity index (χ1) is 22.6. The van der Waals surface area contributed by atoms with Crippen LogP contribution in [0, 0.1) is 13.8 Å². The van der Waals surface area contributed by atoms with Crippen LogP contribution in [0.1, 0.15) is 98.4 Å². The maximum atomic E-state index is 11.6. The fourth-order valence-electron chi connectivity index (χ4n) is 6.67. The predicted molar refractivity (Wildman–Crippen MR) is 194 cm³/mol. The molecule has 0 unspecified atom stereocenters. The molecule has 0 aromatic carbocycles. The van der Waals surface area contributed by atoms with Crippen molar-refractivity contribution >= 4 is 64.6 Å². The van der Waals surface area contributed by atoms with Crippen molar-refractivity contribution in [3.05, 3.63) is 69.3 Å². The van der Waals surface area contributed by atoms with Crippen LogP contribution < -0.4 is 0 Å². The van der Waals surface area contributed by atoms with Gasteiger partial charge in [-0.3, -0.25) is 8.37 Å². The Morgan fingerprint density at radius 1 is 0.583 bits per heavy atom. The molecule has 48 heavy (non-hydrogen) atoms. The van der Waals surface area contributed by atoms with Crippen LogP contribution in [0.3, 0.4) is 0 Å². The van der Waals surface area contributed by atoms with E-state index in [0.29, 0.717) is 25.7 Å². The third-order valence-corrected chi connectivity index (χ3v) is 10.4. The minimum Gasteiger partial charge on any atom is -0.355 e. The van der Waals surface area contributed by atoms with E-state index in [2.05, 4.69) is 69.7 Å². The number of aromatic nitrogens is 4. The van der Waals surface area contributed by atoms with Crippen molar-refractivity contribution in [1.82, 2.24) is 19.9 Å². The summed E-state index contributed by atoms with van der Waals surface area (Å²) >= 11 is 0. The molecule has 3 aromatic rings. The Labute approximate surface area is 284 Å². The van der Waals surface area contributed by atoms with Crippen molar-refractivity contribution in [1.29, 1.82) is 0 Å². The molecule has 3 aromatic heterocycles. The molecule has 0 atom stereocenters. The lowest BCUT2D eigenvalue weighted by molar-refractivity contribution is 0.315. The topological polar surface area (TPSA) is 144 Å². The summed E-state index contributed by atoms with van der Waals surface area (Å²) in [7, 11) is -7.09. The number of allylic oxidation sites excluding steroid dienone is 4. The van der Waals surface area contributed by atoms with Crippen LogP contribution in [0.25, 0.3) is 44.4 Å². The number of nitrogens with one attached hydrogen (secondary N) is 2. The Balaban J connectivity index is 1.79. The van der Waals surface area contributed by atoms with Gasteiger partial charge in [0.1, 0.15) is 0 Å². The number of H-pyrrole nitrogens is 2. The van der Waals surface area contributed by atoms with Gasteiger partial charge < -0.3 is 9.97 Å². The number of fused-ring (bicyclic) bond motifs is 8. The SMILES string of the molecule is CCC1=C(C)c2cc3[nH]c(cc4nc(cc5[nH]c(cc1n2)c(C)c5CCCOS(C)(=O)=O)C(CCCOS(C)(=O)=O)=C4C)c(C)c3CC. The standard InChI is InChI=1S/C36H46N4O6S2/c1-9-25-21(3)29-17-30-23(5)27(13-11-15-45-47(7,41)42)35(39-30)20-36-28(14-12-16-46-48(8,43)44)24(6)32(40-36)19-34-26(10-2)22(4)31(38-34)18-33(25)37-29/h17-20,37,40H,9-16H2,1-8H3. The third-order valence-electron chi connectivity index (χ3n) is 9.24. The molecule has 2 N–H and O–H groups in total.